The van der Waals surface area contributed by atoms with Crippen LogP contribution in [0.2, 0.25) is 0 Å². The summed E-state index contributed by atoms with van der Waals surface area (Å²) in [5.74, 6) is 0.357. The van der Waals surface area contributed by atoms with Crippen LogP contribution in [0.1, 0.15) is 13.3 Å². The van der Waals surface area contributed by atoms with Crippen molar-refractivity contribution in [2.75, 3.05) is 24.5 Å². The number of nitrogens with zero attached hydrogens (tertiary/aromatic N) is 4. The molecule has 6 heteroatoms. The summed E-state index contributed by atoms with van der Waals surface area (Å²) in [4.78, 5) is 22.4. The summed E-state index contributed by atoms with van der Waals surface area (Å²) in [6.07, 6.45) is 0.992. The second kappa shape index (κ2) is 5.78. The van der Waals surface area contributed by atoms with Crippen molar-refractivity contribution >= 4 is 22.5 Å². The highest BCUT2D eigenvalue weighted by molar-refractivity contribution is 5.89. The zero-order valence-electron chi connectivity index (χ0n) is 12.8. The smallest absolute Gasteiger partial charge is 0.270 e. The zero-order valence-corrected chi connectivity index (χ0v) is 12.8. The lowest BCUT2D eigenvalue weighted by atomic mass is 10.1. The number of piperazine rings is 1. The van der Waals surface area contributed by atoms with E-state index >= 15 is 0 Å². The highest BCUT2D eigenvalue weighted by Gasteiger charge is 2.25. The number of pyridine rings is 2. The second-order valence-electron chi connectivity index (χ2n) is 5.54. The lowest BCUT2D eigenvalue weighted by Crippen LogP contribution is -2.51. The number of hydrogen-bond acceptors (Lipinski definition) is 4. The Balaban J connectivity index is 2.25. The first-order chi connectivity index (χ1) is 10.7. The van der Waals surface area contributed by atoms with Crippen LogP contribution in [0, 0.1) is 6.57 Å². The van der Waals surface area contributed by atoms with E-state index in [1.165, 1.54) is 0 Å². The highest BCUT2D eigenvalue weighted by Crippen LogP contribution is 2.28. The maximum atomic E-state index is 12.3. The standard InChI is InChI=1S/C16H19N5O/c1-4-11-10-18-7-8-21(11)13-9-15(22)20(3)12-5-6-14(17-2)19-16(12)13/h5-6,9,11,18H,4,7-8,10H2,1,3H3/t11-/m1/s1. The molecule has 3 heterocycles. The van der Waals surface area contributed by atoms with Crippen molar-refractivity contribution in [1.29, 1.82) is 0 Å². The van der Waals surface area contributed by atoms with Crippen molar-refractivity contribution in [1.82, 2.24) is 14.9 Å². The fourth-order valence-corrected chi connectivity index (χ4v) is 3.03. The van der Waals surface area contributed by atoms with Gasteiger partial charge in [0.2, 0.25) is 5.52 Å². The van der Waals surface area contributed by atoms with Gasteiger partial charge in [-0.2, -0.15) is 0 Å². The highest BCUT2D eigenvalue weighted by atomic mass is 16.1. The van der Waals surface area contributed by atoms with Gasteiger partial charge in [0.25, 0.3) is 11.4 Å². The van der Waals surface area contributed by atoms with E-state index < -0.39 is 0 Å². The topological polar surface area (TPSA) is 54.5 Å². The van der Waals surface area contributed by atoms with E-state index in [9.17, 15) is 4.79 Å². The molecule has 6 nitrogen and oxygen atoms in total. The van der Waals surface area contributed by atoms with Gasteiger partial charge in [0, 0.05) is 38.8 Å². The Morgan fingerprint density at radius 1 is 1.50 bits per heavy atom. The molecule has 3 rings (SSSR count). The van der Waals surface area contributed by atoms with E-state index in [2.05, 4.69) is 27.0 Å². The van der Waals surface area contributed by atoms with Crippen LogP contribution >= 0.6 is 0 Å². The van der Waals surface area contributed by atoms with E-state index in [1.807, 2.05) is 6.07 Å². The fraction of sp³-hybridized carbons (Fsp3) is 0.438. The Kier molecular flexibility index (Phi) is 3.82. The monoisotopic (exact) mass is 297 g/mol. The minimum atomic E-state index is -0.0479. The number of nitrogens with one attached hydrogen (secondary N) is 1. The second-order valence-corrected chi connectivity index (χ2v) is 5.54. The third-order valence-corrected chi connectivity index (χ3v) is 4.30. The molecule has 0 spiro atoms. The van der Waals surface area contributed by atoms with Gasteiger partial charge in [-0.05, 0) is 18.6 Å². The number of rotatable bonds is 2. The van der Waals surface area contributed by atoms with Crippen molar-refractivity contribution in [2.45, 2.75) is 19.4 Å². The summed E-state index contributed by atoms with van der Waals surface area (Å²) < 4.78 is 1.59. The third kappa shape index (κ3) is 2.34. The van der Waals surface area contributed by atoms with Gasteiger partial charge >= 0.3 is 0 Å². The first kappa shape index (κ1) is 14.5. The summed E-state index contributed by atoms with van der Waals surface area (Å²) in [7, 11) is 1.74. The Hall–Kier alpha value is -2.39. The summed E-state index contributed by atoms with van der Waals surface area (Å²) in [6.45, 7) is 11.9. The number of anilines is 1. The largest absolute Gasteiger partial charge is 0.362 e. The summed E-state index contributed by atoms with van der Waals surface area (Å²) in [6, 6.07) is 5.46. The molecule has 2 aromatic heterocycles. The fourth-order valence-electron chi connectivity index (χ4n) is 3.03. The molecule has 22 heavy (non-hydrogen) atoms. The van der Waals surface area contributed by atoms with Crippen molar-refractivity contribution in [3.05, 3.63) is 40.0 Å². The van der Waals surface area contributed by atoms with Crippen LogP contribution in [-0.4, -0.2) is 35.2 Å². The minimum Gasteiger partial charge on any atom is -0.362 e. The Morgan fingerprint density at radius 2 is 2.32 bits per heavy atom. The lowest BCUT2D eigenvalue weighted by molar-refractivity contribution is 0.467. The molecule has 0 bridgehead atoms. The summed E-state index contributed by atoms with van der Waals surface area (Å²) in [5, 5.41) is 3.39. The van der Waals surface area contributed by atoms with Crippen LogP contribution in [0.5, 0.6) is 0 Å². The Labute approximate surface area is 129 Å². The maximum absolute atomic E-state index is 12.3. The zero-order chi connectivity index (χ0) is 15.7. The minimum absolute atomic E-state index is 0.0479. The van der Waals surface area contributed by atoms with Gasteiger partial charge in [0.15, 0.2) is 0 Å². The van der Waals surface area contributed by atoms with E-state index in [-0.39, 0.29) is 5.56 Å². The molecule has 1 saturated heterocycles. The van der Waals surface area contributed by atoms with E-state index in [0.717, 1.165) is 42.8 Å². The predicted octanol–water partition coefficient (Wildman–Crippen LogP) is 1.67. The Bertz CT molecular complexity index is 805. The Morgan fingerprint density at radius 3 is 3.05 bits per heavy atom. The SMILES string of the molecule is [C-]#[N+]c1ccc2c(n1)c(N1CCNC[C@H]1CC)cc(=O)n2C. The molecule has 0 aliphatic carbocycles. The van der Waals surface area contributed by atoms with Crippen molar-refractivity contribution < 1.29 is 0 Å². The molecule has 2 aromatic rings. The van der Waals surface area contributed by atoms with Gasteiger partial charge in [-0.15, -0.1) is 4.98 Å². The number of hydrogen-bond donors (Lipinski definition) is 1. The molecule has 0 unspecified atom stereocenters. The lowest BCUT2D eigenvalue weighted by Gasteiger charge is -2.37. The molecule has 0 aromatic carbocycles. The third-order valence-electron chi connectivity index (χ3n) is 4.30. The van der Waals surface area contributed by atoms with Crippen LogP contribution in [0.4, 0.5) is 11.5 Å². The van der Waals surface area contributed by atoms with Crippen LogP contribution in [0.3, 0.4) is 0 Å². The molecular formula is C16H19N5O. The number of aryl methyl sites for hydroxylation is 1. The molecule has 114 valence electrons. The summed E-state index contributed by atoms with van der Waals surface area (Å²) in [5.41, 5.74) is 2.30. The van der Waals surface area contributed by atoms with Crippen molar-refractivity contribution in [3.63, 3.8) is 0 Å². The molecule has 1 fully saturated rings. The first-order valence-corrected chi connectivity index (χ1v) is 7.51. The van der Waals surface area contributed by atoms with Gasteiger partial charge in [0.1, 0.15) is 0 Å². The first-order valence-electron chi connectivity index (χ1n) is 7.51. The van der Waals surface area contributed by atoms with Gasteiger partial charge in [-0.3, -0.25) is 4.79 Å². The van der Waals surface area contributed by atoms with Gasteiger partial charge in [-0.25, -0.2) is 0 Å². The van der Waals surface area contributed by atoms with E-state index in [4.69, 9.17) is 6.57 Å². The number of fused-ring (bicyclic) bond motifs is 1. The van der Waals surface area contributed by atoms with Gasteiger partial charge < -0.3 is 19.6 Å². The molecule has 0 saturated carbocycles. The quantitative estimate of drug-likeness (QED) is 0.857. The normalized spacial score (nSPS) is 18.4. The van der Waals surface area contributed by atoms with Crippen LogP contribution < -0.4 is 15.8 Å². The van der Waals surface area contributed by atoms with E-state index in [0.29, 0.717) is 11.9 Å². The van der Waals surface area contributed by atoms with E-state index in [1.54, 1.807) is 23.7 Å². The molecule has 0 amide bonds. The van der Waals surface area contributed by atoms with Crippen LogP contribution in [0.15, 0.2) is 23.0 Å². The van der Waals surface area contributed by atoms with Crippen molar-refractivity contribution in [3.8, 4) is 0 Å². The summed E-state index contributed by atoms with van der Waals surface area (Å²) >= 11 is 0. The maximum Gasteiger partial charge on any atom is 0.270 e. The molecule has 1 atom stereocenters. The molecule has 1 aliphatic heterocycles. The molecule has 1 aliphatic rings. The number of aromatic nitrogens is 2. The van der Waals surface area contributed by atoms with Crippen LogP contribution in [0.25, 0.3) is 15.9 Å². The molecule has 0 radical (unpaired) electrons. The van der Waals surface area contributed by atoms with Crippen molar-refractivity contribution in [2.24, 2.45) is 7.05 Å². The molecule has 1 N–H and O–H groups in total. The van der Waals surface area contributed by atoms with Gasteiger partial charge in [-0.1, -0.05) is 13.5 Å². The molecular weight excluding hydrogens is 278 g/mol. The van der Waals surface area contributed by atoms with Crippen LogP contribution in [-0.2, 0) is 7.05 Å². The average molecular weight is 297 g/mol. The average Bonchev–Trinajstić information content (AvgIpc) is 2.57. The van der Waals surface area contributed by atoms with Gasteiger partial charge in [0.05, 0.1) is 11.2 Å². The predicted molar refractivity (Wildman–Crippen MR) is 87.5 cm³/mol.